The maximum Gasteiger partial charge on any atom is 0.217 e. The van der Waals surface area contributed by atoms with Crippen LogP contribution in [0.5, 0.6) is 11.5 Å². The van der Waals surface area contributed by atoms with E-state index in [0.717, 1.165) is 33.0 Å². The second-order valence-electron chi connectivity index (χ2n) is 6.73. The highest BCUT2D eigenvalue weighted by atomic mass is 79.9. The Hall–Kier alpha value is -2.31. The van der Waals surface area contributed by atoms with Crippen LogP contribution in [0.25, 0.3) is 0 Å². The summed E-state index contributed by atoms with van der Waals surface area (Å²) in [5.74, 6) is 1.76. The summed E-state index contributed by atoms with van der Waals surface area (Å²) in [6.07, 6.45) is 0.546. The van der Waals surface area contributed by atoms with Crippen LogP contribution in [0.15, 0.2) is 69.6 Å². The first-order valence-corrected chi connectivity index (χ1v) is 10.9. The largest absolute Gasteiger partial charge is 0.493 e. The van der Waals surface area contributed by atoms with E-state index < -0.39 is 0 Å². The van der Waals surface area contributed by atoms with Crippen LogP contribution in [0.1, 0.15) is 41.6 Å². The smallest absolute Gasteiger partial charge is 0.217 e. The van der Waals surface area contributed by atoms with Crippen molar-refractivity contribution in [2.24, 2.45) is 5.10 Å². The third kappa shape index (κ3) is 3.01. The molecule has 3 aromatic rings. The van der Waals surface area contributed by atoms with Crippen LogP contribution < -0.4 is 9.47 Å². The molecule has 5 rings (SSSR count). The number of rotatable bonds is 4. The van der Waals surface area contributed by atoms with Crippen molar-refractivity contribution < 1.29 is 9.47 Å². The summed E-state index contributed by atoms with van der Waals surface area (Å²) in [7, 11) is 0. The number of para-hydroxylation sites is 2. The van der Waals surface area contributed by atoms with Gasteiger partial charge in [0.25, 0.3) is 0 Å². The van der Waals surface area contributed by atoms with E-state index in [9.17, 15) is 0 Å². The molecule has 0 amide bonds. The summed E-state index contributed by atoms with van der Waals surface area (Å²) >= 11 is 5.28. The van der Waals surface area contributed by atoms with Gasteiger partial charge in [-0.15, -0.1) is 11.3 Å². The first-order chi connectivity index (χ1) is 13.7. The van der Waals surface area contributed by atoms with Crippen LogP contribution in [0, 0.1) is 0 Å². The molecule has 2 aliphatic rings. The fourth-order valence-electron chi connectivity index (χ4n) is 3.83. The molecule has 0 fully saturated rings. The van der Waals surface area contributed by atoms with Gasteiger partial charge in [-0.3, -0.25) is 0 Å². The molecule has 142 valence electrons. The third-order valence-electron chi connectivity index (χ3n) is 5.04. The van der Waals surface area contributed by atoms with E-state index in [1.807, 2.05) is 37.3 Å². The molecule has 2 atom stereocenters. The Bertz CT molecular complexity index is 1050. The molecule has 0 radical (unpaired) electrons. The van der Waals surface area contributed by atoms with Crippen molar-refractivity contribution in [1.29, 1.82) is 0 Å². The van der Waals surface area contributed by atoms with Crippen LogP contribution in [0.3, 0.4) is 0 Å². The number of halogens is 1. The standard InChI is InChI=1S/C22H19BrN2O2S/c1-2-26-18-9-5-4-8-15(18)22-25-17(14-7-3-6-10-19(14)27-22)13-16(24-25)20-11-12-21(23)28-20/h3-12,17,22H,2,13H2,1H3/t17-,22+/m0/s1. The van der Waals surface area contributed by atoms with Crippen molar-refractivity contribution in [3.05, 3.63) is 80.5 Å². The maximum atomic E-state index is 6.44. The van der Waals surface area contributed by atoms with E-state index in [1.165, 1.54) is 10.4 Å². The van der Waals surface area contributed by atoms with Crippen LogP contribution in [-0.4, -0.2) is 17.3 Å². The van der Waals surface area contributed by atoms with E-state index in [0.29, 0.717) is 6.61 Å². The lowest BCUT2D eigenvalue weighted by atomic mass is 9.97. The Labute approximate surface area is 176 Å². The lowest BCUT2D eigenvalue weighted by Crippen LogP contribution is -2.34. The average Bonchev–Trinajstić information content (AvgIpc) is 3.35. The van der Waals surface area contributed by atoms with Crippen LogP contribution >= 0.6 is 27.3 Å². The van der Waals surface area contributed by atoms with Gasteiger partial charge in [0.05, 0.1) is 32.6 Å². The van der Waals surface area contributed by atoms with E-state index in [1.54, 1.807) is 11.3 Å². The fourth-order valence-corrected chi connectivity index (χ4v) is 5.21. The third-order valence-corrected chi connectivity index (χ3v) is 6.71. The van der Waals surface area contributed by atoms with Gasteiger partial charge < -0.3 is 9.47 Å². The van der Waals surface area contributed by atoms with Crippen LogP contribution in [-0.2, 0) is 0 Å². The van der Waals surface area contributed by atoms with Gasteiger partial charge in [0, 0.05) is 12.0 Å². The molecule has 28 heavy (non-hydrogen) atoms. The van der Waals surface area contributed by atoms with Gasteiger partial charge in [-0.1, -0.05) is 30.3 Å². The fraction of sp³-hybridized carbons (Fsp3) is 0.227. The average molecular weight is 455 g/mol. The quantitative estimate of drug-likeness (QED) is 0.473. The van der Waals surface area contributed by atoms with E-state index in [2.05, 4.69) is 51.3 Å². The minimum atomic E-state index is -0.316. The minimum absolute atomic E-state index is 0.153. The highest BCUT2D eigenvalue weighted by molar-refractivity contribution is 9.11. The number of fused-ring (bicyclic) bond motifs is 3. The molecule has 0 aliphatic carbocycles. The Morgan fingerprint density at radius 1 is 1.11 bits per heavy atom. The number of hydrazone groups is 1. The molecule has 0 unspecified atom stereocenters. The second-order valence-corrected chi connectivity index (χ2v) is 9.19. The number of thiophene rings is 1. The molecule has 2 aromatic carbocycles. The number of hydrogen-bond donors (Lipinski definition) is 0. The highest BCUT2D eigenvalue weighted by Crippen LogP contribution is 2.49. The lowest BCUT2D eigenvalue weighted by molar-refractivity contribution is -0.0205. The van der Waals surface area contributed by atoms with Gasteiger partial charge >= 0.3 is 0 Å². The lowest BCUT2D eigenvalue weighted by Gasteiger charge is -2.38. The highest BCUT2D eigenvalue weighted by Gasteiger charge is 2.42. The van der Waals surface area contributed by atoms with Crippen molar-refractivity contribution in [1.82, 2.24) is 5.01 Å². The zero-order valence-corrected chi connectivity index (χ0v) is 17.7. The molecular weight excluding hydrogens is 436 g/mol. The summed E-state index contributed by atoms with van der Waals surface area (Å²) < 4.78 is 13.4. The number of hydrogen-bond acceptors (Lipinski definition) is 5. The van der Waals surface area contributed by atoms with Gasteiger partial charge in [-0.05, 0) is 53.2 Å². The number of benzene rings is 2. The molecule has 0 saturated carbocycles. The SMILES string of the molecule is CCOc1ccccc1[C@H]1Oc2ccccc2[C@@H]2CC(c3ccc(Br)s3)=NN12. The number of ether oxygens (including phenoxy) is 2. The first-order valence-electron chi connectivity index (χ1n) is 9.33. The van der Waals surface area contributed by atoms with Crippen molar-refractivity contribution in [2.45, 2.75) is 25.6 Å². The van der Waals surface area contributed by atoms with Gasteiger partial charge in [0.15, 0.2) is 0 Å². The molecule has 1 aromatic heterocycles. The summed E-state index contributed by atoms with van der Waals surface area (Å²) in [6.45, 7) is 2.61. The topological polar surface area (TPSA) is 34.1 Å². The summed E-state index contributed by atoms with van der Waals surface area (Å²) in [4.78, 5) is 1.19. The van der Waals surface area contributed by atoms with Gasteiger partial charge in [0.1, 0.15) is 11.5 Å². The Morgan fingerprint density at radius 2 is 1.89 bits per heavy atom. The van der Waals surface area contributed by atoms with E-state index in [-0.39, 0.29) is 12.3 Å². The zero-order chi connectivity index (χ0) is 19.1. The predicted molar refractivity (Wildman–Crippen MR) is 115 cm³/mol. The first kappa shape index (κ1) is 17.8. The van der Waals surface area contributed by atoms with Crippen molar-refractivity contribution >= 4 is 33.0 Å². The van der Waals surface area contributed by atoms with Crippen molar-refractivity contribution in [3.8, 4) is 11.5 Å². The van der Waals surface area contributed by atoms with Crippen LogP contribution in [0.2, 0.25) is 0 Å². The normalized spacial score (nSPS) is 20.2. The second kappa shape index (κ2) is 7.26. The Kier molecular flexibility index (Phi) is 4.61. The monoisotopic (exact) mass is 454 g/mol. The van der Waals surface area contributed by atoms with E-state index >= 15 is 0 Å². The minimum Gasteiger partial charge on any atom is -0.493 e. The van der Waals surface area contributed by atoms with Gasteiger partial charge in [-0.2, -0.15) is 5.10 Å². The van der Waals surface area contributed by atoms with Gasteiger partial charge in [-0.25, -0.2) is 5.01 Å². The summed E-state index contributed by atoms with van der Waals surface area (Å²) in [5, 5.41) is 7.11. The van der Waals surface area contributed by atoms with Crippen molar-refractivity contribution in [2.75, 3.05) is 6.61 Å². The van der Waals surface area contributed by atoms with E-state index in [4.69, 9.17) is 14.6 Å². The number of nitrogens with zero attached hydrogens (tertiary/aromatic N) is 2. The molecule has 2 aliphatic heterocycles. The summed E-state index contributed by atoms with van der Waals surface area (Å²) in [5.41, 5.74) is 3.28. The molecule has 0 bridgehead atoms. The molecule has 0 N–H and O–H groups in total. The maximum absolute atomic E-state index is 6.44. The van der Waals surface area contributed by atoms with Gasteiger partial charge in [0.2, 0.25) is 6.23 Å². The predicted octanol–water partition coefficient (Wildman–Crippen LogP) is 6.15. The summed E-state index contributed by atoms with van der Waals surface area (Å²) in [6, 6.07) is 20.7. The van der Waals surface area contributed by atoms with Crippen LogP contribution in [0.4, 0.5) is 0 Å². The molecular formula is C22H19BrN2O2S. The zero-order valence-electron chi connectivity index (χ0n) is 15.3. The Morgan fingerprint density at radius 3 is 2.68 bits per heavy atom. The molecule has 0 saturated heterocycles. The Balaban J connectivity index is 1.61. The molecule has 3 heterocycles. The molecule has 4 nitrogen and oxygen atoms in total. The van der Waals surface area contributed by atoms with Crippen molar-refractivity contribution in [3.63, 3.8) is 0 Å². The molecule has 6 heteroatoms. The molecule has 0 spiro atoms.